The second kappa shape index (κ2) is 7.18. The summed E-state index contributed by atoms with van der Waals surface area (Å²) in [7, 11) is 1.98. The van der Waals surface area contributed by atoms with Crippen LogP contribution in [0.2, 0.25) is 0 Å². The molecule has 1 aliphatic carbocycles. The molecule has 1 saturated carbocycles. The fourth-order valence-corrected chi connectivity index (χ4v) is 3.09. The maximum atomic E-state index is 5.97. The van der Waals surface area contributed by atoms with Gasteiger partial charge in [-0.25, -0.2) is 0 Å². The molecule has 1 aliphatic rings. The van der Waals surface area contributed by atoms with Crippen LogP contribution in [-0.4, -0.2) is 29.8 Å². The molecule has 0 radical (unpaired) electrons. The van der Waals surface area contributed by atoms with Crippen molar-refractivity contribution in [3.05, 3.63) is 11.7 Å². The first kappa shape index (κ1) is 15.4. The molecule has 1 unspecified atom stereocenters. The van der Waals surface area contributed by atoms with Gasteiger partial charge in [-0.3, -0.25) is 0 Å². The van der Waals surface area contributed by atoms with E-state index in [1.807, 2.05) is 14.0 Å². The summed E-state index contributed by atoms with van der Waals surface area (Å²) >= 11 is 0. The molecule has 114 valence electrons. The highest BCUT2D eigenvalue weighted by Gasteiger charge is 2.40. The van der Waals surface area contributed by atoms with Crippen LogP contribution in [-0.2, 0) is 16.8 Å². The number of likely N-dealkylation sites (N-methyl/N-ethyl adjacent to an activating group) is 1. The monoisotopic (exact) mass is 281 g/mol. The van der Waals surface area contributed by atoms with Gasteiger partial charge in [0.05, 0.1) is 0 Å². The molecule has 1 atom stereocenters. The van der Waals surface area contributed by atoms with Crippen molar-refractivity contribution in [1.82, 2.24) is 15.5 Å². The fraction of sp³-hybridized carbons (Fsp3) is 0.867. The van der Waals surface area contributed by atoms with Crippen LogP contribution in [0.5, 0.6) is 0 Å². The summed E-state index contributed by atoms with van der Waals surface area (Å²) in [6, 6.07) is 0.403. The standard InChI is InChI=1S/C15H27N3O2/c1-4-8-12(16-3)11-13-17-14(18-20-13)15(19-5-2)9-6-7-10-15/h12,16H,4-11H2,1-3H3. The van der Waals surface area contributed by atoms with Crippen LogP contribution in [0, 0.1) is 0 Å². The van der Waals surface area contributed by atoms with E-state index in [9.17, 15) is 0 Å². The second-order valence-electron chi connectivity index (χ2n) is 5.62. The topological polar surface area (TPSA) is 60.2 Å². The van der Waals surface area contributed by atoms with Crippen molar-refractivity contribution in [3.63, 3.8) is 0 Å². The zero-order valence-electron chi connectivity index (χ0n) is 12.9. The summed E-state index contributed by atoms with van der Waals surface area (Å²) in [5.41, 5.74) is -0.295. The third kappa shape index (κ3) is 3.38. The van der Waals surface area contributed by atoms with Gasteiger partial charge in [-0.05, 0) is 46.1 Å². The minimum Gasteiger partial charge on any atom is -0.367 e. The van der Waals surface area contributed by atoms with Gasteiger partial charge in [-0.1, -0.05) is 18.5 Å². The molecule has 1 aromatic heterocycles. The predicted molar refractivity (Wildman–Crippen MR) is 77.5 cm³/mol. The van der Waals surface area contributed by atoms with Crippen molar-refractivity contribution in [2.45, 2.75) is 70.4 Å². The summed E-state index contributed by atoms with van der Waals surface area (Å²) < 4.78 is 11.4. The average Bonchev–Trinajstić information content (AvgIpc) is 3.08. The minimum absolute atomic E-state index is 0.295. The Kier molecular flexibility index (Phi) is 5.54. The van der Waals surface area contributed by atoms with Crippen LogP contribution in [0.4, 0.5) is 0 Å². The van der Waals surface area contributed by atoms with Crippen LogP contribution in [0.15, 0.2) is 4.52 Å². The lowest BCUT2D eigenvalue weighted by molar-refractivity contribution is -0.0469. The van der Waals surface area contributed by atoms with E-state index in [4.69, 9.17) is 9.26 Å². The highest BCUT2D eigenvalue weighted by Crippen LogP contribution is 2.40. The molecule has 0 saturated heterocycles. The van der Waals surface area contributed by atoms with Gasteiger partial charge in [0.15, 0.2) is 0 Å². The number of rotatable bonds is 8. The summed E-state index contributed by atoms with van der Waals surface area (Å²) in [5, 5.41) is 7.50. The molecule has 5 heteroatoms. The first-order valence-corrected chi connectivity index (χ1v) is 7.88. The van der Waals surface area contributed by atoms with E-state index in [1.54, 1.807) is 0 Å². The van der Waals surface area contributed by atoms with E-state index in [-0.39, 0.29) is 5.60 Å². The lowest BCUT2D eigenvalue weighted by Crippen LogP contribution is -2.29. The molecule has 0 amide bonds. The van der Waals surface area contributed by atoms with Crippen LogP contribution in [0.3, 0.4) is 0 Å². The molecular weight excluding hydrogens is 254 g/mol. The van der Waals surface area contributed by atoms with Crippen molar-refractivity contribution in [1.29, 1.82) is 0 Å². The molecule has 0 bridgehead atoms. The van der Waals surface area contributed by atoms with Crippen LogP contribution in [0.1, 0.15) is 64.1 Å². The largest absolute Gasteiger partial charge is 0.367 e. The Morgan fingerprint density at radius 2 is 2.10 bits per heavy atom. The molecule has 1 aromatic rings. The molecule has 1 fully saturated rings. The normalized spacial score (nSPS) is 19.4. The first-order chi connectivity index (χ1) is 9.74. The molecule has 2 rings (SSSR count). The Morgan fingerprint density at radius 3 is 2.70 bits per heavy atom. The van der Waals surface area contributed by atoms with Gasteiger partial charge in [-0.2, -0.15) is 4.98 Å². The second-order valence-corrected chi connectivity index (χ2v) is 5.62. The molecular formula is C15H27N3O2. The van der Waals surface area contributed by atoms with Crippen molar-refractivity contribution < 1.29 is 9.26 Å². The molecule has 5 nitrogen and oxygen atoms in total. The van der Waals surface area contributed by atoms with E-state index in [2.05, 4.69) is 22.4 Å². The molecule has 20 heavy (non-hydrogen) atoms. The van der Waals surface area contributed by atoms with Gasteiger partial charge in [0.25, 0.3) is 0 Å². The van der Waals surface area contributed by atoms with E-state index >= 15 is 0 Å². The lowest BCUT2D eigenvalue weighted by Gasteiger charge is -2.24. The number of aromatic nitrogens is 2. The SMILES string of the molecule is CCCC(Cc1nc(C2(OCC)CCCC2)no1)NC. The van der Waals surface area contributed by atoms with Crippen LogP contribution < -0.4 is 5.32 Å². The zero-order valence-corrected chi connectivity index (χ0v) is 12.9. The Hall–Kier alpha value is -0.940. The first-order valence-electron chi connectivity index (χ1n) is 7.88. The van der Waals surface area contributed by atoms with Gasteiger partial charge in [0, 0.05) is 19.1 Å². The Labute approximate surface area is 121 Å². The van der Waals surface area contributed by atoms with E-state index in [0.29, 0.717) is 12.6 Å². The zero-order chi connectivity index (χ0) is 14.4. The third-order valence-corrected chi connectivity index (χ3v) is 4.17. The minimum atomic E-state index is -0.295. The summed E-state index contributed by atoms with van der Waals surface area (Å²) in [6.07, 6.45) is 7.42. The van der Waals surface area contributed by atoms with Crippen molar-refractivity contribution in [2.75, 3.05) is 13.7 Å². The predicted octanol–water partition coefficient (Wildman–Crippen LogP) is 2.81. The highest BCUT2D eigenvalue weighted by atomic mass is 16.5. The molecule has 0 aliphatic heterocycles. The van der Waals surface area contributed by atoms with Gasteiger partial charge in [0.1, 0.15) is 5.60 Å². The molecule has 1 heterocycles. The third-order valence-electron chi connectivity index (χ3n) is 4.17. The Bertz CT molecular complexity index is 400. The lowest BCUT2D eigenvalue weighted by atomic mass is 10.0. The smallest absolute Gasteiger partial charge is 0.228 e. The number of nitrogens with one attached hydrogen (secondary N) is 1. The van der Waals surface area contributed by atoms with Gasteiger partial charge in [0.2, 0.25) is 11.7 Å². The Morgan fingerprint density at radius 1 is 1.35 bits per heavy atom. The number of nitrogens with zero attached hydrogens (tertiary/aromatic N) is 2. The molecule has 0 spiro atoms. The maximum absolute atomic E-state index is 5.97. The van der Waals surface area contributed by atoms with Crippen LogP contribution in [0.25, 0.3) is 0 Å². The maximum Gasteiger partial charge on any atom is 0.228 e. The van der Waals surface area contributed by atoms with Crippen molar-refractivity contribution in [3.8, 4) is 0 Å². The van der Waals surface area contributed by atoms with Gasteiger partial charge < -0.3 is 14.6 Å². The van der Waals surface area contributed by atoms with Crippen molar-refractivity contribution in [2.24, 2.45) is 0 Å². The molecule has 0 aromatic carbocycles. The number of hydrogen-bond acceptors (Lipinski definition) is 5. The average molecular weight is 281 g/mol. The van der Waals surface area contributed by atoms with E-state index < -0.39 is 0 Å². The fourth-order valence-electron chi connectivity index (χ4n) is 3.09. The Balaban J connectivity index is 2.07. The van der Waals surface area contributed by atoms with E-state index in [1.165, 1.54) is 12.8 Å². The van der Waals surface area contributed by atoms with Gasteiger partial charge >= 0.3 is 0 Å². The molecule has 1 N–H and O–H groups in total. The number of ether oxygens (including phenoxy) is 1. The summed E-state index contributed by atoms with van der Waals surface area (Å²) in [4.78, 5) is 4.61. The number of hydrogen-bond donors (Lipinski definition) is 1. The summed E-state index contributed by atoms with van der Waals surface area (Å²) in [6.45, 7) is 4.91. The van der Waals surface area contributed by atoms with Crippen LogP contribution >= 0.6 is 0 Å². The van der Waals surface area contributed by atoms with Gasteiger partial charge in [-0.15, -0.1) is 0 Å². The quantitative estimate of drug-likeness (QED) is 0.794. The van der Waals surface area contributed by atoms with Crippen molar-refractivity contribution >= 4 is 0 Å². The van der Waals surface area contributed by atoms with E-state index in [0.717, 1.165) is 43.8 Å². The highest BCUT2D eigenvalue weighted by molar-refractivity contribution is 5.05. The summed E-state index contributed by atoms with van der Waals surface area (Å²) in [5.74, 6) is 1.47.